The molecule has 4 rings (SSSR count). The molecule has 1 aromatic heterocycles. The fraction of sp³-hybridized carbons (Fsp3) is 0.333. The molecule has 1 aromatic carbocycles. The van der Waals surface area contributed by atoms with E-state index in [4.69, 9.17) is 4.74 Å². The number of nitrogens with zero attached hydrogens (tertiary/aromatic N) is 2. The molecule has 5 nitrogen and oxygen atoms in total. The van der Waals surface area contributed by atoms with Crippen LogP contribution in [0, 0.1) is 5.92 Å². The largest absolute Gasteiger partial charge is 0.460 e. The van der Waals surface area contributed by atoms with Crippen LogP contribution in [-0.4, -0.2) is 39.8 Å². The lowest BCUT2D eigenvalue weighted by Gasteiger charge is -2.46. The molecule has 0 radical (unpaired) electrons. The van der Waals surface area contributed by atoms with Crippen molar-refractivity contribution in [3.05, 3.63) is 59.9 Å². The minimum absolute atomic E-state index is 0.000493. The Bertz CT molecular complexity index is 734. The van der Waals surface area contributed by atoms with E-state index in [1.807, 2.05) is 36.4 Å². The van der Waals surface area contributed by atoms with Gasteiger partial charge < -0.3 is 14.7 Å². The molecule has 2 aromatic rings. The van der Waals surface area contributed by atoms with Gasteiger partial charge in [-0.1, -0.05) is 18.2 Å². The zero-order valence-corrected chi connectivity index (χ0v) is 12.7. The van der Waals surface area contributed by atoms with Crippen molar-refractivity contribution >= 4 is 5.91 Å². The van der Waals surface area contributed by atoms with Crippen LogP contribution in [0.2, 0.25) is 0 Å². The van der Waals surface area contributed by atoms with Crippen molar-refractivity contribution in [2.24, 2.45) is 5.92 Å². The van der Waals surface area contributed by atoms with Crippen LogP contribution in [0.5, 0.6) is 5.75 Å². The summed E-state index contributed by atoms with van der Waals surface area (Å²) >= 11 is 0. The minimum Gasteiger partial charge on any atom is -0.460 e. The molecule has 118 valence electrons. The van der Waals surface area contributed by atoms with Crippen LogP contribution < -0.4 is 4.74 Å². The van der Waals surface area contributed by atoms with Crippen molar-refractivity contribution in [3.8, 4) is 5.75 Å². The van der Waals surface area contributed by atoms with Gasteiger partial charge in [-0.25, -0.2) is 0 Å². The van der Waals surface area contributed by atoms with Crippen LogP contribution in [0.3, 0.4) is 0 Å². The molecule has 0 bridgehead atoms. The predicted molar refractivity (Wildman–Crippen MR) is 84.0 cm³/mol. The highest BCUT2D eigenvalue weighted by Gasteiger charge is 2.48. The lowest BCUT2D eigenvalue weighted by atomic mass is 9.84. The second-order valence-corrected chi connectivity index (χ2v) is 6.16. The Morgan fingerprint density at radius 3 is 2.91 bits per heavy atom. The Morgan fingerprint density at radius 1 is 1.26 bits per heavy atom. The first-order chi connectivity index (χ1) is 11.2. The van der Waals surface area contributed by atoms with Gasteiger partial charge in [-0.15, -0.1) is 0 Å². The molecule has 1 saturated heterocycles. The molecule has 1 amide bonds. The molecule has 2 unspecified atom stereocenters. The SMILES string of the molecule is O=C(c1ccccc1)N1CCC2(O)Oc3cccnc3CC2C1. The first kappa shape index (κ1) is 14.2. The molecule has 23 heavy (non-hydrogen) atoms. The molecule has 1 N–H and O–H groups in total. The van der Waals surface area contributed by atoms with Crippen LogP contribution in [0.4, 0.5) is 0 Å². The number of aromatic nitrogens is 1. The molecule has 0 spiro atoms. The zero-order valence-electron chi connectivity index (χ0n) is 12.7. The number of amides is 1. The van der Waals surface area contributed by atoms with E-state index in [1.54, 1.807) is 17.2 Å². The van der Waals surface area contributed by atoms with Crippen LogP contribution in [-0.2, 0) is 6.42 Å². The highest BCUT2D eigenvalue weighted by atomic mass is 16.6. The molecule has 5 heteroatoms. The second-order valence-electron chi connectivity index (χ2n) is 6.16. The molecule has 3 heterocycles. The van der Waals surface area contributed by atoms with Gasteiger partial charge in [0, 0.05) is 43.6 Å². The maximum atomic E-state index is 12.6. The van der Waals surface area contributed by atoms with Crippen LogP contribution >= 0.6 is 0 Å². The first-order valence-electron chi connectivity index (χ1n) is 7.85. The number of benzene rings is 1. The third-order valence-electron chi connectivity index (χ3n) is 4.70. The van der Waals surface area contributed by atoms with Crippen molar-refractivity contribution in [2.45, 2.75) is 18.6 Å². The third kappa shape index (κ3) is 2.47. The number of piperidine rings is 1. The van der Waals surface area contributed by atoms with Gasteiger partial charge >= 0.3 is 0 Å². The van der Waals surface area contributed by atoms with Crippen molar-refractivity contribution in [3.63, 3.8) is 0 Å². The molecule has 0 saturated carbocycles. The highest BCUT2D eigenvalue weighted by Crippen LogP contribution is 2.39. The lowest BCUT2D eigenvalue weighted by molar-refractivity contribution is -0.210. The predicted octanol–water partition coefficient (Wildman–Crippen LogP) is 1.87. The normalized spacial score (nSPS) is 26.0. The lowest BCUT2D eigenvalue weighted by Crippen LogP contribution is -2.58. The van der Waals surface area contributed by atoms with Crippen molar-refractivity contribution in [1.82, 2.24) is 9.88 Å². The summed E-state index contributed by atoms with van der Waals surface area (Å²) in [5.41, 5.74) is 1.52. The van der Waals surface area contributed by atoms with E-state index in [0.717, 1.165) is 5.69 Å². The average Bonchev–Trinajstić information content (AvgIpc) is 2.59. The summed E-state index contributed by atoms with van der Waals surface area (Å²) in [5.74, 6) is -0.719. The standard InChI is InChI=1S/C18H18N2O3/c21-17(13-5-2-1-3-6-13)20-10-8-18(22)14(12-20)11-15-16(23-18)7-4-9-19-15/h1-7,9,14,22H,8,10-12H2. The van der Waals surface area contributed by atoms with E-state index in [2.05, 4.69) is 4.98 Å². The molecular weight excluding hydrogens is 292 g/mol. The fourth-order valence-electron chi connectivity index (χ4n) is 3.40. The number of carbonyl (C=O) groups is 1. The summed E-state index contributed by atoms with van der Waals surface area (Å²) in [6.45, 7) is 0.955. The molecule has 2 aliphatic heterocycles. The Morgan fingerprint density at radius 2 is 2.09 bits per heavy atom. The summed E-state index contributed by atoms with van der Waals surface area (Å²) in [6.07, 6.45) is 2.75. The maximum absolute atomic E-state index is 12.6. The Balaban J connectivity index is 1.56. The smallest absolute Gasteiger partial charge is 0.253 e. The Labute approximate surface area is 134 Å². The third-order valence-corrected chi connectivity index (χ3v) is 4.70. The van der Waals surface area contributed by atoms with E-state index < -0.39 is 5.79 Å². The number of likely N-dealkylation sites (tertiary alicyclic amines) is 1. The number of pyridine rings is 1. The van der Waals surface area contributed by atoms with E-state index in [-0.39, 0.29) is 11.8 Å². The number of carbonyl (C=O) groups excluding carboxylic acids is 1. The van der Waals surface area contributed by atoms with Gasteiger partial charge in [0.25, 0.3) is 5.91 Å². The van der Waals surface area contributed by atoms with Crippen molar-refractivity contribution < 1.29 is 14.6 Å². The summed E-state index contributed by atoms with van der Waals surface area (Å²) in [4.78, 5) is 18.7. The van der Waals surface area contributed by atoms with Gasteiger partial charge in [0.2, 0.25) is 5.79 Å². The molecular formula is C18H18N2O3. The zero-order chi connectivity index (χ0) is 15.9. The second kappa shape index (κ2) is 5.35. The monoisotopic (exact) mass is 310 g/mol. The fourth-order valence-corrected chi connectivity index (χ4v) is 3.40. The average molecular weight is 310 g/mol. The topological polar surface area (TPSA) is 62.7 Å². The van der Waals surface area contributed by atoms with E-state index in [0.29, 0.717) is 37.2 Å². The summed E-state index contributed by atoms with van der Waals surface area (Å²) in [5, 5.41) is 10.8. The quantitative estimate of drug-likeness (QED) is 0.873. The molecule has 1 fully saturated rings. The van der Waals surface area contributed by atoms with E-state index in [1.165, 1.54) is 0 Å². The molecule has 2 aliphatic rings. The first-order valence-corrected chi connectivity index (χ1v) is 7.85. The number of ether oxygens (including phenoxy) is 1. The number of fused-ring (bicyclic) bond motifs is 2. The number of hydrogen-bond acceptors (Lipinski definition) is 4. The van der Waals surface area contributed by atoms with Gasteiger partial charge in [0.15, 0.2) is 0 Å². The maximum Gasteiger partial charge on any atom is 0.253 e. The molecule has 2 atom stereocenters. The van der Waals surface area contributed by atoms with Crippen LogP contribution in [0.1, 0.15) is 22.5 Å². The van der Waals surface area contributed by atoms with E-state index in [9.17, 15) is 9.90 Å². The van der Waals surface area contributed by atoms with E-state index >= 15 is 0 Å². The number of hydrogen-bond donors (Lipinski definition) is 1. The van der Waals surface area contributed by atoms with Gasteiger partial charge in [-0.3, -0.25) is 9.78 Å². The van der Waals surface area contributed by atoms with Gasteiger partial charge in [-0.2, -0.15) is 0 Å². The number of aliphatic hydroxyl groups is 1. The van der Waals surface area contributed by atoms with Crippen molar-refractivity contribution in [2.75, 3.05) is 13.1 Å². The van der Waals surface area contributed by atoms with Gasteiger partial charge in [0.05, 0.1) is 5.69 Å². The Hall–Kier alpha value is -2.40. The summed E-state index contributed by atoms with van der Waals surface area (Å²) < 4.78 is 5.81. The highest BCUT2D eigenvalue weighted by molar-refractivity contribution is 5.94. The summed E-state index contributed by atoms with van der Waals surface area (Å²) in [6, 6.07) is 12.9. The van der Waals surface area contributed by atoms with Crippen LogP contribution in [0.25, 0.3) is 0 Å². The van der Waals surface area contributed by atoms with Crippen molar-refractivity contribution in [1.29, 1.82) is 0 Å². The Kier molecular flexibility index (Phi) is 3.31. The van der Waals surface area contributed by atoms with Crippen LogP contribution in [0.15, 0.2) is 48.7 Å². The number of rotatable bonds is 1. The molecule has 0 aliphatic carbocycles. The van der Waals surface area contributed by atoms with Gasteiger partial charge in [0.1, 0.15) is 5.75 Å². The minimum atomic E-state index is -1.20. The van der Waals surface area contributed by atoms with Gasteiger partial charge in [-0.05, 0) is 24.3 Å². The summed E-state index contributed by atoms with van der Waals surface area (Å²) in [7, 11) is 0.